The number of alkyl halides is 2. The molecule has 0 aliphatic heterocycles. The normalized spacial score (nSPS) is 16.0. The van der Waals surface area contributed by atoms with Gasteiger partial charge in [-0.25, -0.2) is 18.2 Å². The first kappa shape index (κ1) is 23.2. The summed E-state index contributed by atoms with van der Waals surface area (Å²) < 4.78 is 42.2. The number of fused-ring (bicyclic) bond motifs is 1. The van der Waals surface area contributed by atoms with Crippen molar-refractivity contribution in [3.8, 4) is 0 Å². The van der Waals surface area contributed by atoms with Crippen molar-refractivity contribution in [2.45, 2.75) is 57.5 Å². The Morgan fingerprint density at radius 2 is 1.97 bits per heavy atom. The molecule has 1 aliphatic rings. The van der Waals surface area contributed by atoms with Crippen LogP contribution in [0.2, 0.25) is 0 Å². The number of aryl methyl sites for hydroxylation is 3. The van der Waals surface area contributed by atoms with Crippen LogP contribution in [0, 0.1) is 12.7 Å². The summed E-state index contributed by atoms with van der Waals surface area (Å²) in [5, 5.41) is 6.91. The number of anilines is 1. The van der Waals surface area contributed by atoms with Crippen LogP contribution in [-0.4, -0.2) is 26.6 Å². The lowest BCUT2D eigenvalue weighted by atomic mass is 9.92. The fraction of sp³-hybridized carbons (Fsp3) is 0.375. The summed E-state index contributed by atoms with van der Waals surface area (Å²) in [5.41, 5.74) is 2.34. The fourth-order valence-corrected chi connectivity index (χ4v) is 4.31. The highest BCUT2D eigenvalue weighted by Crippen LogP contribution is 2.33. The molecule has 33 heavy (non-hydrogen) atoms. The van der Waals surface area contributed by atoms with Crippen LogP contribution in [0.15, 0.2) is 47.5 Å². The number of hydrogen-bond donors (Lipinski definition) is 2. The van der Waals surface area contributed by atoms with Crippen molar-refractivity contribution in [2.24, 2.45) is 0 Å². The molecule has 2 N–H and O–H groups in total. The lowest BCUT2D eigenvalue weighted by Gasteiger charge is -2.29. The van der Waals surface area contributed by atoms with E-state index >= 15 is 0 Å². The van der Waals surface area contributed by atoms with Crippen molar-refractivity contribution in [1.82, 2.24) is 14.9 Å². The molecule has 4 rings (SSSR count). The predicted octanol–water partition coefficient (Wildman–Crippen LogP) is 4.95. The van der Waals surface area contributed by atoms with Crippen LogP contribution in [-0.2, 0) is 13.0 Å². The zero-order valence-electron chi connectivity index (χ0n) is 18.2. The van der Waals surface area contributed by atoms with E-state index in [0.717, 1.165) is 5.56 Å². The van der Waals surface area contributed by atoms with Gasteiger partial charge in [0.05, 0.1) is 17.2 Å². The third-order valence-electron chi connectivity index (χ3n) is 5.97. The smallest absolute Gasteiger partial charge is 0.261 e. The average Bonchev–Trinajstić information content (AvgIpc) is 2.76. The van der Waals surface area contributed by atoms with Crippen molar-refractivity contribution in [2.75, 3.05) is 5.32 Å². The third kappa shape index (κ3) is 5.71. The summed E-state index contributed by atoms with van der Waals surface area (Å²) in [7, 11) is 0. The molecule has 3 aromatic rings. The Morgan fingerprint density at radius 1 is 1.21 bits per heavy atom. The van der Waals surface area contributed by atoms with Gasteiger partial charge in [0.15, 0.2) is 5.11 Å². The lowest BCUT2D eigenvalue weighted by Crippen LogP contribution is -2.42. The van der Waals surface area contributed by atoms with Gasteiger partial charge < -0.3 is 10.6 Å². The van der Waals surface area contributed by atoms with Crippen LogP contribution in [0.5, 0.6) is 0 Å². The monoisotopic (exact) mass is 474 g/mol. The summed E-state index contributed by atoms with van der Waals surface area (Å²) >= 11 is 5.32. The minimum Gasteiger partial charge on any atom is -0.360 e. The third-order valence-corrected chi connectivity index (χ3v) is 6.19. The Labute approximate surface area is 195 Å². The molecule has 2 aromatic carbocycles. The first-order valence-electron chi connectivity index (χ1n) is 10.9. The Morgan fingerprint density at radius 3 is 2.70 bits per heavy atom. The van der Waals surface area contributed by atoms with E-state index in [-0.39, 0.29) is 30.3 Å². The second-order valence-electron chi connectivity index (χ2n) is 8.55. The highest BCUT2D eigenvalue weighted by atomic mass is 32.1. The van der Waals surface area contributed by atoms with Gasteiger partial charge in [-0.1, -0.05) is 12.1 Å². The molecular formula is C24H25F3N4OS. The minimum atomic E-state index is -2.58. The van der Waals surface area contributed by atoms with Gasteiger partial charge in [0.1, 0.15) is 5.82 Å². The maximum absolute atomic E-state index is 14.1. The molecule has 0 amide bonds. The van der Waals surface area contributed by atoms with Crippen molar-refractivity contribution < 1.29 is 13.2 Å². The molecule has 0 saturated heterocycles. The molecule has 1 aliphatic carbocycles. The number of halogens is 3. The average molecular weight is 475 g/mol. The molecule has 174 valence electrons. The topological polar surface area (TPSA) is 59.0 Å². The highest BCUT2D eigenvalue weighted by molar-refractivity contribution is 7.80. The summed E-state index contributed by atoms with van der Waals surface area (Å²) in [6.45, 7) is 2.14. The van der Waals surface area contributed by atoms with Crippen LogP contribution < -0.4 is 16.2 Å². The van der Waals surface area contributed by atoms with E-state index in [2.05, 4.69) is 15.6 Å². The summed E-state index contributed by atoms with van der Waals surface area (Å²) in [6.07, 6.45) is 2.28. The zero-order chi connectivity index (χ0) is 23.6. The van der Waals surface area contributed by atoms with Crippen molar-refractivity contribution in [1.29, 1.82) is 0 Å². The number of aromatic nitrogens is 2. The predicted molar refractivity (Wildman–Crippen MR) is 127 cm³/mol. The molecule has 5 nitrogen and oxygen atoms in total. The molecule has 9 heteroatoms. The van der Waals surface area contributed by atoms with E-state index in [0.29, 0.717) is 53.1 Å². The number of nitrogens with one attached hydrogen (secondary N) is 2. The highest BCUT2D eigenvalue weighted by Gasteiger charge is 2.35. The van der Waals surface area contributed by atoms with Gasteiger partial charge in [-0.15, -0.1) is 0 Å². The van der Waals surface area contributed by atoms with Gasteiger partial charge in [-0.05, 0) is 73.8 Å². The molecule has 0 spiro atoms. The van der Waals surface area contributed by atoms with E-state index in [1.54, 1.807) is 24.3 Å². The first-order chi connectivity index (χ1) is 15.7. The van der Waals surface area contributed by atoms with Crippen LogP contribution in [0.25, 0.3) is 10.9 Å². The minimum absolute atomic E-state index is 0.0891. The van der Waals surface area contributed by atoms with Gasteiger partial charge >= 0.3 is 0 Å². The van der Waals surface area contributed by atoms with Crippen molar-refractivity contribution in [3.05, 3.63) is 70.0 Å². The molecule has 1 fully saturated rings. The summed E-state index contributed by atoms with van der Waals surface area (Å²) in [4.78, 5) is 17.2. The quantitative estimate of drug-likeness (QED) is 0.513. The van der Waals surface area contributed by atoms with Gasteiger partial charge in [0, 0.05) is 31.1 Å². The fourth-order valence-electron chi connectivity index (χ4n) is 4.03. The van der Waals surface area contributed by atoms with Gasteiger partial charge in [-0.2, -0.15) is 0 Å². The number of nitrogens with zero attached hydrogens (tertiary/aromatic N) is 2. The number of hydrogen-bond acceptors (Lipinski definition) is 3. The number of thiocarbonyl (C=S) groups is 1. The SMILES string of the molecule is Cc1ccc(CCn2cnc3cc(NC(=S)NC4CCC(F)(F)CC4)ccc3c2=O)c(F)c1. The maximum atomic E-state index is 14.1. The summed E-state index contributed by atoms with van der Waals surface area (Å²) in [6, 6.07) is 10.1. The Hall–Kier alpha value is -2.94. The van der Waals surface area contributed by atoms with Gasteiger partial charge in [0.25, 0.3) is 5.56 Å². The first-order valence-corrected chi connectivity index (χ1v) is 11.3. The van der Waals surface area contributed by atoms with E-state index in [4.69, 9.17) is 12.2 Å². The zero-order valence-corrected chi connectivity index (χ0v) is 19.0. The molecule has 0 atom stereocenters. The lowest BCUT2D eigenvalue weighted by molar-refractivity contribution is -0.0389. The molecule has 1 aromatic heterocycles. The molecule has 1 saturated carbocycles. The van der Waals surface area contributed by atoms with E-state index < -0.39 is 5.92 Å². The van der Waals surface area contributed by atoms with Crippen LogP contribution >= 0.6 is 12.2 Å². The van der Waals surface area contributed by atoms with E-state index in [1.165, 1.54) is 17.0 Å². The van der Waals surface area contributed by atoms with Crippen molar-refractivity contribution >= 4 is 33.9 Å². The maximum Gasteiger partial charge on any atom is 0.261 e. The van der Waals surface area contributed by atoms with Crippen LogP contribution in [0.3, 0.4) is 0 Å². The summed E-state index contributed by atoms with van der Waals surface area (Å²) in [5.74, 6) is -2.86. The molecular weight excluding hydrogens is 449 g/mol. The molecule has 0 bridgehead atoms. The van der Waals surface area contributed by atoms with E-state index in [1.807, 2.05) is 13.0 Å². The second-order valence-corrected chi connectivity index (χ2v) is 8.96. The molecule has 1 heterocycles. The number of rotatable bonds is 5. The van der Waals surface area contributed by atoms with Crippen LogP contribution in [0.4, 0.5) is 18.9 Å². The molecule has 0 unspecified atom stereocenters. The largest absolute Gasteiger partial charge is 0.360 e. The standard InChI is InChI=1S/C24H25F3N4OS/c1-15-2-3-16(20(25)12-15)8-11-31-14-28-21-13-18(4-5-19(21)22(31)32)30-23(33)29-17-6-9-24(26,27)10-7-17/h2-5,12-14,17H,6-11H2,1H3,(H2,29,30,33). The van der Waals surface area contributed by atoms with Gasteiger partial charge in [0.2, 0.25) is 5.92 Å². The Kier molecular flexibility index (Phi) is 6.69. The van der Waals surface area contributed by atoms with Gasteiger partial charge in [-0.3, -0.25) is 9.36 Å². The van der Waals surface area contributed by atoms with E-state index in [9.17, 15) is 18.0 Å². The second kappa shape index (κ2) is 9.51. The Balaban J connectivity index is 1.41. The number of benzene rings is 2. The van der Waals surface area contributed by atoms with Crippen molar-refractivity contribution in [3.63, 3.8) is 0 Å². The van der Waals surface area contributed by atoms with Crippen LogP contribution in [0.1, 0.15) is 36.8 Å². The Bertz CT molecular complexity index is 1230. The molecule has 0 radical (unpaired) electrons.